The Balaban J connectivity index is 0.000000248. The molecule has 0 radical (unpaired) electrons. The summed E-state index contributed by atoms with van der Waals surface area (Å²) in [6, 6.07) is 25.7. The van der Waals surface area contributed by atoms with Gasteiger partial charge in [-0.15, -0.1) is 0 Å². The van der Waals surface area contributed by atoms with Crippen molar-refractivity contribution in [2.75, 3.05) is 5.32 Å². The van der Waals surface area contributed by atoms with Gasteiger partial charge in [-0.05, 0) is 80.6 Å². The van der Waals surface area contributed by atoms with Gasteiger partial charge >= 0.3 is 6.18 Å². The van der Waals surface area contributed by atoms with E-state index in [-0.39, 0.29) is 23.3 Å². The van der Waals surface area contributed by atoms with E-state index in [4.69, 9.17) is 5.26 Å². The summed E-state index contributed by atoms with van der Waals surface area (Å²) in [7, 11) is 0. The van der Waals surface area contributed by atoms with Crippen LogP contribution in [-0.2, 0) is 0 Å². The topological polar surface area (TPSA) is 89.2 Å². The number of aliphatic hydroxyl groups is 1. The average molecular weight is 606 g/mol. The number of hydrogen-bond acceptors (Lipinski definition) is 5. The van der Waals surface area contributed by atoms with E-state index in [1.165, 1.54) is 23.8 Å². The molecule has 1 aromatic heterocycles. The molecule has 3 N–H and O–H groups in total. The summed E-state index contributed by atoms with van der Waals surface area (Å²) in [5, 5.41) is 36.8. The number of phenols is 1. The van der Waals surface area contributed by atoms with Gasteiger partial charge in [0.2, 0.25) is 5.60 Å². The van der Waals surface area contributed by atoms with Crippen LogP contribution in [0, 0.1) is 16.7 Å². The smallest absolute Gasteiger partial charge is 0.423 e. The number of allylic oxidation sites excluding steroid dienone is 3. The van der Waals surface area contributed by atoms with Crippen LogP contribution < -0.4 is 5.32 Å². The fourth-order valence-corrected chi connectivity index (χ4v) is 6.29. The Morgan fingerprint density at radius 1 is 0.933 bits per heavy atom. The van der Waals surface area contributed by atoms with Gasteiger partial charge in [-0.2, -0.15) is 18.4 Å². The summed E-state index contributed by atoms with van der Waals surface area (Å²) in [6.45, 7) is 3.70. The van der Waals surface area contributed by atoms with Gasteiger partial charge in [-0.25, -0.2) is 0 Å². The first-order chi connectivity index (χ1) is 21.4. The minimum absolute atomic E-state index is 0.0360. The van der Waals surface area contributed by atoms with Crippen molar-refractivity contribution < 1.29 is 23.4 Å². The summed E-state index contributed by atoms with van der Waals surface area (Å²) < 4.78 is 44.6. The van der Waals surface area contributed by atoms with Crippen LogP contribution in [0.4, 0.5) is 18.9 Å². The number of pyridine rings is 1. The molecule has 5 nitrogen and oxygen atoms in total. The molecule has 2 aliphatic rings. The Bertz CT molecular complexity index is 2030. The van der Waals surface area contributed by atoms with Gasteiger partial charge in [-0.1, -0.05) is 80.6 Å². The second kappa shape index (κ2) is 11.1. The maximum atomic E-state index is 14.9. The second-order valence-corrected chi connectivity index (χ2v) is 12.0. The lowest BCUT2D eigenvalue weighted by molar-refractivity contribution is -0.251. The fraction of sp³-hybridized carbons (Fsp3) is 0.189. The summed E-state index contributed by atoms with van der Waals surface area (Å²) in [5.74, 6) is -0.0360. The molecule has 226 valence electrons. The third-order valence-electron chi connectivity index (χ3n) is 8.48. The van der Waals surface area contributed by atoms with E-state index in [2.05, 4.69) is 16.4 Å². The van der Waals surface area contributed by atoms with E-state index in [1.54, 1.807) is 42.5 Å². The van der Waals surface area contributed by atoms with Crippen molar-refractivity contribution in [2.45, 2.75) is 38.1 Å². The highest BCUT2D eigenvalue weighted by molar-refractivity contribution is 5.98. The van der Waals surface area contributed by atoms with Crippen LogP contribution in [0.15, 0.2) is 115 Å². The summed E-state index contributed by atoms with van der Waals surface area (Å²) in [5.41, 5.74) is -1.46. The van der Waals surface area contributed by atoms with E-state index >= 15 is 0 Å². The van der Waals surface area contributed by atoms with Crippen molar-refractivity contribution in [1.82, 2.24) is 4.98 Å². The van der Waals surface area contributed by atoms with Crippen LogP contribution >= 0.6 is 0 Å². The van der Waals surface area contributed by atoms with Gasteiger partial charge in [0.25, 0.3) is 0 Å². The van der Waals surface area contributed by atoms with Crippen LogP contribution in [0.2, 0.25) is 0 Å². The average Bonchev–Trinajstić information content (AvgIpc) is 3.02. The van der Waals surface area contributed by atoms with Gasteiger partial charge in [0.1, 0.15) is 5.75 Å². The highest BCUT2D eigenvalue weighted by Crippen LogP contribution is 2.58. The second-order valence-electron chi connectivity index (χ2n) is 12.0. The molecule has 8 heteroatoms. The molecule has 0 saturated carbocycles. The maximum absolute atomic E-state index is 14.9. The van der Waals surface area contributed by atoms with Gasteiger partial charge in [0.15, 0.2) is 0 Å². The normalized spacial score (nSPS) is 20.1. The fourth-order valence-electron chi connectivity index (χ4n) is 6.29. The molecule has 0 amide bonds. The Morgan fingerprint density at radius 2 is 1.71 bits per heavy atom. The van der Waals surface area contributed by atoms with Gasteiger partial charge in [0.05, 0.1) is 23.4 Å². The number of anilines is 1. The predicted octanol–water partition coefficient (Wildman–Crippen LogP) is 8.85. The Labute approximate surface area is 258 Å². The van der Waals surface area contributed by atoms with Gasteiger partial charge in [-0.3, -0.25) is 4.98 Å². The summed E-state index contributed by atoms with van der Waals surface area (Å²) >= 11 is 0. The van der Waals surface area contributed by atoms with Crippen molar-refractivity contribution >= 4 is 32.8 Å². The lowest BCUT2D eigenvalue weighted by Crippen LogP contribution is -2.56. The monoisotopic (exact) mass is 605 g/mol. The number of alkyl halides is 3. The van der Waals surface area contributed by atoms with Crippen molar-refractivity contribution in [3.05, 3.63) is 132 Å². The van der Waals surface area contributed by atoms with Crippen molar-refractivity contribution in [3.63, 3.8) is 0 Å². The molecule has 0 aliphatic heterocycles. The van der Waals surface area contributed by atoms with Gasteiger partial charge < -0.3 is 15.5 Å². The van der Waals surface area contributed by atoms with Crippen LogP contribution in [0.25, 0.3) is 27.1 Å². The molecule has 45 heavy (non-hydrogen) atoms. The minimum Gasteiger partial charge on any atom is -0.507 e. The number of nitrogens with zero attached hydrogens (tertiary/aromatic N) is 2. The molecule has 2 unspecified atom stereocenters. The molecule has 0 bridgehead atoms. The molecule has 4 aromatic carbocycles. The zero-order valence-corrected chi connectivity index (χ0v) is 24.6. The van der Waals surface area contributed by atoms with E-state index < -0.39 is 23.2 Å². The summed E-state index contributed by atoms with van der Waals surface area (Å²) in [4.78, 5) is 4.01. The quantitative estimate of drug-likeness (QED) is 0.187. The number of nitrogens with one attached hydrogen (secondary N) is 1. The van der Waals surface area contributed by atoms with Crippen LogP contribution in [0.1, 0.15) is 43.0 Å². The van der Waals surface area contributed by atoms with Crippen LogP contribution in [0.5, 0.6) is 5.75 Å². The standard InChI is InChI=1S/C26H23F3N2O2.C11H7N/c1-24(2)11-10-16-19-9-8-17-18(6-3-7-21(17)32)22(19)23(31-15-5-4-12-30-14-15)25(33,20(16)13-24)26(27,28)29;12-8-9-5-6-10-3-1-2-4-11(10)7-9/h3-12,14,23,31-33H,13H2,1-2H3;1-7H. The third-order valence-corrected chi connectivity index (χ3v) is 8.48. The Morgan fingerprint density at radius 3 is 2.42 bits per heavy atom. The van der Waals surface area contributed by atoms with Crippen molar-refractivity contribution in [2.24, 2.45) is 5.41 Å². The molecule has 2 aliphatic carbocycles. The molecule has 2 atom stereocenters. The lowest BCUT2D eigenvalue weighted by atomic mass is 9.64. The number of fused-ring (bicyclic) bond motifs is 5. The van der Waals surface area contributed by atoms with Crippen LogP contribution in [0.3, 0.4) is 0 Å². The largest absolute Gasteiger partial charge is 0.507 e. The zero-order chi connectivity index (χ0) is 32.0. The van der Waals surface area contributed by atoms with E-state index in [0.717, 1.165) is 5.39 Å². The van der Waals surface area contributed by atoms with Crippen molar-refractivity contribution in [1.29, 1.82) is 5.26 Å². The number of aromatic hydroxyl groups is 1. The number of nitriles is 1. The molecular weight excluding hydrogens is 575 g/mol. The number of phenolic OH excluding ortho intramolecular Hbond substituents is 1. The number of halogens is 3. The number of hydrogen-bond donors (Lipinski definition) is 3. The number of benzene rings is 4. The molecule has 1 heterocycles. The molecule has 7 rings (SSSR count). The van der Waals surface area contributed by atoms with Crippen LogP contribution in [-0.4, -0.2) is 27.0 Å². The molecule has 5 aromatic rings. The van der Waals surface area contributed by atoms with E-state index in [9.17, 15) is 23.4 Å². The number of aromatic nitrogens is 1. The summed E-state index contributed by atoms with van der Waals surface area (Å²) in [6.07, 6.45) is 1.60. The molecule has 0 spiro atoms. The first-order valence-electron chi connectivity index (χ1n) is 14.5. The molecular formula is C37H30F3N3O2. The van der Waals surface area contributed by atoms with Crippen molar-refractivity contribution in [3.8, 4) is 11.8 Å². The minimum atomic E-state index is -4.97. The third kappa shape index (κ3) is 5.30. The highest BCUT2D eigenvalue weighted by atomic mass is 19.4. The molecule has 0 saturated heterocycles. The Hall–Kier alpha value is -5.13. The lowest BCUT2D eigenvalue weighted by Gasteiger charge is -2.48. The van der Waals surface area contributed by atoms with E-state index in [0.29, 0.717) is 33.2 Å². The maximum Gasteiger partial charge on any atom is 0.423 e. The van der Waals surface area contributed by atoms with E-state index in [1.807, 2.05) is 62.4 Å². The first-order valence-corrected chi connectivity index (χ1v) is 14.5. The van der Waals surface area contributed by atoms with Gasteiger partial charge in [0, 0.05) is 17.8 Å². The first kappa shape index (κ1) is 29.9. The SMILES string of the molecule is CC1(C)C=CC2=C(C1)C(O)(C(F)(F)F)C(Nc1cccnc1)c1c2ccc2c(O)cccc12.N#Cc1ccc2ccccc2c1. The molecule has 0 fully saturated rings. The predicted molar refractivity (Wildman–Crippen MR) is 170 cm³/mol. The zero-order valence-electron chi connectivity index (χ0n) is 24.6. The number of rotatable bonds is 2. The highest BCUT2D eigenvalue weighted by Gasteiger charge is 2.64. The Kier molecular flexibility index (Phi) is 7.38.